The third-order valence-corrected chi connectivity index (χ3v) is 3.80. The number of ether oxygens (including phenoxy) is 1. The van der Waals surface area contributed by atoms with Gasteiger partial charge >= 0.3 is 0 Å². The van der Waals surface area contributed by atoms with Crippen LogP contribution in [0.15, 0.2) is 42.5 Å². The van der Waals surface area contributed by atoms with Crippen LogP contribution < -0.4 is 10.5 Å². The largest absolute Gasteiger partial charge is 0.483 e. The summed E-state index contributed by atoms with van der Waals surface area (Å²) in [5.41, 5.74) is 6.57. The van der Waals surface area contributed by atoms with E-state index in [2.05, 4.69) is 0 Å². The molecule has 0 aliphatic rings. The Morgan fingerprint density at radius 1 is 0.947 bits per heavy atom. The summed E-state index contributed by atoms with van der Waals surface area (Å²) in [5.74, 6) is 0.490. The number of hydrogen-bond donors (Lipinski definition) is 1. The van der Waals surface area contributed by atoms with Gasteiger partial charge in [-0.3, -0.25) is 0 Å². The Balaban J connectivity index is 2.30. The standard InChI is InChI=1S/C14H12Cl3NO/c15-10-5-2-1-4-9(10)13(8-18)19-12-7-3-6-11(16)14(12)17/h1-7,13H,8,18H2. The van der Waals surface area contributed by atoms with Crippen LogP contribution in [0.5, 0.6) is 5.75 Å². The second-order valence-corrected chi connectivity index (χ2v) is 5.11. The molecule has 0 aromatic heterocycles. The van der Waals surface area contributed by atoms with Crippen LogP contribution in [-0.2, 0) is 0 Å². The fourth-order valence-corrected chi connectivity index (χ4v) is 2.30. The molecule has 100 valence electrons. The van der Waals surface area contributed by atoms with Crippen molar-refractivity contribution < 1.29 is 4.74 Å². The Kier molecular flexibility index (Phi) is 4.94. The average molecular weight is 317 g/mol. The van der Waals surface area contributed by atoms with Crippen LogP contribution >= 0.6 is 34.8 Å². The normalized spacial score (nSPS) is 12.2. The lowest BCUT2D eigenvalue weighted by Crippen LogP contribution is -2.19. The van der Waals surface area contributed by atoms with Gasteiger partial charge in [0.2, 0.25) is 0 Å². The van der Waals surface area contributed by atoms with Crippen LogP contribution in [0, 0.1) is 0 Å². The topological polar surface area (TPSA) is 35.2 Å². The van der Waals surface area contributed by atoms with E-state index in [0.717, 1.165) is 5.56 Å². The van der Waals surface area contributed by atoms with Gasteiger partial charge in [0.05, 0.1) is 5.02 Å². The SMILES string of the molecule is NCC(Oc1cccc(Cl)c1Cl)c1ccccc1Cl. The van der Waals surface area contributed by atoms with Gasteiger partial charge in [0, 0.05) is 17.1 Å². The zero-order valence-electron chi connectivity index (χ0n) is 9.95. The van der Waals surface area contributed by atoms with Crippen molar-refractivity contribution in [1.29, 1.82) is 0 Å². The quantitative estimate of drug-likeness (QED) is 0.885. The van der Waals surface area contributed by atoms with E-state index >= 15 is 0 Å². The first-order valence-corrected chi connectivity index (χ1v) is 6.82. The smallest absolute Gasteiger partial charge is 0.140 e. The molecule has 2 aromatic carbocycles. The maximum absolute atomic E-state index is 6.14. The second-order valence-electron chi connectivity index (χ2n) is 3.92. The maximum atomic E-state index is 6.14. The highest BCUT2D eigenvalue weighted by Gasteiger charge is 2.16. The zero-order valence-corrected chi connectivity index (χ0v) is 12.2. The van der Waals surface area contributed by atoms with Gasteiger partial charge in [-0.2, -0.15) is 0 Å². The van der Waals surface area contributed by atoms with Gasteiger partial charge < -0.3 is 10.5 Å². The fraction of sp³-hybridized carbons (Fsp3) is 0.143. The summed E-state index contributed by atoms with van der Waals surface area (Å²) in [6, 6.07) is 12.6. The van der Waals surface area contributed by atoms with Crippen molar-refractivity contribution >= 4 is 34.8 Å². The molecule has 2 rings (SSSR count). The minimum absolute atomic E-state index is 0.284. The van der Waals surface area contributed by atoms with Crippen molar-refractivity contribution in [1.82, 2.24) is 0 Å². The highest BCUT2D eigenvalue weighted by molar-refractivity contribution is 6.42. The van der Waals surface area contributed by atoms with Crippen molar-refractivity contribution in [3.63, 3.8) is 0 Å². The first-order valence-electron chi connectivity index (χ1n) is 5.68. The molecule has 0 aliphatic carbocycles. The Bertz CT molecular complexity index is 574. The zero-order chi connectivity index (χ0) is 13.8. The monoisotopic (exact) mass is 315 g/mol. The minimum atomic E-state index is -0.371. The minimum Gasteiger partial charge on any atom is -0.483 e. The van der Waals surface area contributed by atoms with E-state index in [9.17, 15) is 0 Å². The summed E-state index contributed by atoms with van der Waals surface area (Å²) >= 11 is 18.2. The molecule has 0 saturated heterocycles. The van der Waals surface area contributed by atoms with Crippen LogP contribution in [-0.4, -0.2) is 6.54 Å². The predicted molar refractivity (Wildman–Crippen MR) is 80.3 cm³/mol. The lowest BCUT2D eigenvalue weighted by atomic mass is 10.1. The van der Waals surface area contributed by atoms with Crippen molar-refractivity contribution in [3.8, 4) is 5.75 Å². The maximum Gasteiger partial charge on any atom is 0.140 e. The van der Waals surface area contributed by atoms with Crippen LogP contribution in [0.1, 0.15) is 11.7 Å². The van der Waals surface area contributed by atoms with Crippen LogP contribution in [0.4, 0.5) is 0 Å². The van der Waals surface area contributed by atoms with Gasteiger partial charge in [-0.25, -0.2) is 0 Å². The van der Waals surface area contributed by atoms with Crippen molar-refractivity contribution in [2.45, 2.75) is 6.10 Å². The van der Waals surface area contributed by atoms with Gasteiger partial charge in [-0.05, 0) is 18.2 Å². The van der Waals surface area contributed by atoms with E-state index in [0.29, 0.717) is 20.8 Å². The number of nitrogens with two attached hydrogens (primary N) is 1. The van der Waals surface area contributed by atoms with Crippen LogP contribution in [0.3, 0.4) is 0 Å². The molecule has 0 saturated carbocycles. The molecule has 0 amide bonds. The summed E-state index contributed by atoms with van der Waals surface area (Å²) in [4.78, 5) is 0. The average Bonchev–Trinajstić information content (AvgIpc) is 2.41. The first kappa shape index (κ1) is 14.5. The van der Waals surface area contributed by atoms with E-state index in [1.807, 2.05) is 18.2 Å². The van der Waals surface area contributed by atoms with E-state index < -0.39 is 0 Å². The molecular formula is C14H12Cl3NO. The summed E-state index contributed by atoms with van der Waals surface area (Å²) in [7, 11) is 0. The molecule has 0 bridgehead atoms. The molecule has 0 aliphatic heterocycles. The van der Waals surface area contributed by atoms with Gasteiger partial charge in [0.1, 0.15) is 16.9 Å². The molecule has 1 atom stereocenters. The fourth-order valence-electron chi connectivity index (χ4n) is 1.70. The number of hydrogen-bond acceptors (Lipinski definition) is 2. The van der Waals surface area contributed by atoms with E-state index in [-0.39, 0.29) is 12.6 Å². The van der Waals surface area contributed by atoms with Crippen LogP contribution in [0.25, 0.3) is 0 Å². The summed E-state index contributed by atoms with van der Waals surface area (Å²) < 4.78 is 5.82. The van der Waals surface area contributed by atoms with E-state index in [1.54, 1.807) is 24.3 Å². The van der Waals surface area contributed by atoms with Gasteiger partial charge in [-0.15, -0.1) is 0 Å². The Morgan fingerprint density at radius 2 is 1.63 bits per heavy atom. The molecule has 0 spiro atoms. The Hall–Kier alpha value is -0.930. The molecule has 0 radical (unpaired) electrons. The molecule has 0 fully saturated rings. The van der Waals surface area contributed by atoms with Crippen molar-refractivity contribution in [2.24, 2.45) is 5.73 Å². The lowest BCUT2D eigenvalue weighted by Gasteiger charge is -2.20. The van der Waals surface area contributed by atoms with Gasteiger partial charge in [-0.1, -0.05) is 59.1 Å². The molecular weight excluding hydrogens is 305 g/mol. The van der Waals surface area contributed by atoms with Gasteiger partial charge in [0.25, 0.3) is 0 Å². The van der Waals surface area contributed by atoms with E-state index in [1.165, 1.54) is 0 Å². The third kappa shape index (κ3) is 3.34. The highest BCUT2D eigenvalue weighted by Crippen LogP contribution is 2.35. The summed E-state index contributed by atoms with van der Waals surface area (Å²) in [6.07, 6.45) is -0.371. The second kappa shape index (κ2) is 6.49. The Morgan fingerprint density at radius 3 is 2.32 bits per heavy atom. The highest BCUT2D eigenvalue weighted by atomic mass is 35.5. The number of benzene rings is 2. The Labute approximate surface area is 127 Å². The summed E-state index contributed by atoms with van der Waals surface area (Å²) in [5, 5.41) is 1.42. The van der Waals surface area contributed by atoms with Gasteiger partial charge in [0.15, 0.2) is 0 Å². The molecule has 2 N–H and O–H groups in total. The van der Waals surface area contributed by atoms with Crippen molar-refractivity contribution in [3.05, 3.63) is 63.1 Å². The van der Waals surface area contributed by atoms with E-state index in [4.69, 9.17) is 45.3 Å². The first-order chi connectivity index (χ1) is 9.13. The molecule has 0 heterocycles. The van der Waals surface area contributed by atoms with Crippen molar-refractivity contribution in [2.75, 3.05) is 6.54 Å². The molecule has 2 aromatic rings. The number of rotatable bonds is 4. The van der Waals surface area contributed by atoms with Crippen LogP contribution in [0.2, 0.25) is 15.1 Å². The molecule has 19 heavy (non-hydrogen) atoms. The molecule has 2 nitrogen and oxygen atoms in total. The predicted octanol–water partition coefficient (Wildman–Crippen LogP) is 4.73. The third-order valence-electron chi connectivity index (χ3n) is 2.65. The number of halogens is 3. The molecule has 5 heteroatoms. The summed E-state index contributed by atoms with van der Waals surface area (Å²) in [6.45, 7) is 0.284. The molecule has 1 unspecified atom stereocenters. The lowest BCUT2D eigenvalue weighted by molar-refractivity contribution is 0.214.